The lowest BCUT2D eigenvalue weighted by Crippen LogP contribution is -2.30. The van der Waals surface area contributed by atoms with Gasteiger partial charge in [-0.2, -0.15) is 0 Å². The average molecular weight is 275 g/mol. The number of rotatable bonds is 2. The van der Waals surface area contributed by atoms with Crippen LogP contribution >= 0.6 is 0 Å². The van der Waals surface area contributed by atoms with Gasteiger partial charge in [0.2, 0.25) is 5.91 Å². The zero-order valence-corrected chi connectivity index (χ0v) is 12.3. The summed E-state index contributed by atoms with van der Waals surface area (Å²) in [6.45, 7) is 6.24. The topological polar surface area (TPSA) is 57.6 Å². The summed E-state index contributed by atoms with van der Waals surface area (Å²) in [6, 6.07) is 4.09. The molecule has 0 saturated carbocycles. The summed E-state index contributed by atoms with van der Waals surface area (Å²) in [7, 11) is 0. The van der Waals surface area contributed by atoms with Gasteiger partial charge in [-0.25, -0.2) is 0 Å². The van der Waals surface area contributed by atoms with Gasteiger partial charge in [0.1, 0.15) is 0 Å². The number of nitrogens with zero attached hydrogens (tertiary/aromatic N) is 1. The first-order valence-electron chi connectivity index (χ1n) is 7.01. The lowest BCUT2D eigenvalue weighted by Gasteiger charge is -2.25. The first-order valence-corrected chi connectivity index (χ1v) is 7.01. The summed E-state index contributed by atoms with van der Waals surface area (Å²) in [5.41, 5.74) is 4.10. The van der Waals surface area contributed by atoms with E-state index in [1.165, 1.54) is 0 Å². The third-order valence-corrected chi connectivity index (χ3v) is 3.92. The van der Waals surface area contributed by atoms with Gasteiger partial charge in [-0.05, 0) is 43.7 Å². The Labute approximate surface area is 119 Å². The molecule has 4 heteroatoms. The number of aryl methyl sites for hydroxylation is 2. The molecule has 0 aromatic heterocycles. The van der Waals surface area contributed by atoms with E-state index in [4.69, 9.17) is 5.11 Å². The standard InChI is InChI=1S/C16H21NO3/c1-10-7-11(2)16-14(8-10)13(9-15(19)20)5-4-6-17(16)12(3)18/h7-8,13H,4-6,9H2,1-3H3,(H,19,20). The minimum absolute atomic E-state index is 0.00884. The SMILES string of the molecule is CC(=O)N1CCCC(CC(=O)O)c2cc(C)cc(C)c21. The normalized spacial score (nSPS) is 18.4. The maximum absolute atomic E-state index is 11.9. The van der Waals surface area contributed by atoms with Crippen LogP contribution in [0.25, 0.3) is 0 Å². The molecule has 108 valence electrons. The molecule has 0 spiro atoms. The molecule has 1 amide bonds. The molecule has 0 radical (unpaired) electrons. The molecular weight excluding hydrogens is 254 g/mol. The van der Waals surface area contributed by atoms with Crippen molar-refractivity contribution in [3.8, 4) is 0 Å². The van der Waals surface area contributed by atoms with Crippen LogP contribution in [-0.4, -0.2) is 23.5 Å². The van der Waals surface area contributed by atoms with E-state index < -0.39 is 5.97 Å². The van der Waals surface area contributed by atoms with Crippen molar-refractivity contribution in [3.05, 3.63) is 28.8 Å². The number of carboxylic acid groups (broad SMARTS) is 1. The predicted octanol–water partition coefficient (Wildman–Crippen LogP) is 3.01. The number of carbonyl (C=O) groups excluding carboxylic acids is 1. The number of carbonyl (C=O) groups is 2. The van der Waals surface area contributed by atoms with Gasteiger partial charge in [-0.3, -0.25) is 9.59 Å². The Kier molecular flexibility index (Phi) is 4.12. The number of anilines is 1. The molecule has 1 N–H and O–H groups in total. The van der Waals surface area contributed by atoms with Crippen molar-refractivity contribution in [1.82, 2.24) is 0 Å². The highest BCUT2D eigenvalue weighted by Gasteiger charge is 2.27. The molecule has 1 atom stereocenters. The fourth-order valence-corrected chi connectivity index (χ4v) is 3.17. The van der Waals surface area contributed by atoms with Gasteiger partial charge in [0.25, 0.3) is 0 Å². The van der Waals surface area contributed by atoms with Crippen LogP contribution in [0.1, 0.15) is 48.8 Å². The number of carboxylic acids is 1. The molecule has 0 aliphatic carbocycles. The van der Waals surface area contributed by atoms with Gasteiger partial charge in [0.15, 0.2) is 0 Å². The first-order chi connectivity index (χ1) is 9.40. The van der Waals surface area contributed by atoms with Gasteiger partial charge >= 0.3 is 5.97 Å². The Morgan fingerprint density at radius 1 is 1.35 bits per heavy atom. The molecule has 1 heterocycles. The Morgan fingerprint density at radius 3 is 2.65 bits per heavy atom. The quantitative estimate of drug-likeness (QED) is 0.902. The number of fused-ring (bicyclic) bond motifs is 1. The number of aliphatic carboxylic acids is 1. The van der Waals surface area contributed by atoms with Crippen molar-refractivity contribution in [2.45, 2.75) is 46.0 Å². The van der Waals surface area contributed by atoms with Crippen molar-refractivity contribution in [3.63, 3.8) is 0 Å². The lowest BCUT2D eigenvalue weighted by atomic mass is 9.88. The van der Waals surface area contributed by atoms with Crippen LogP contribution in [-0.2, 0) is 9.59 Å². The lowest BCUT2D eigenvalue weighted by molar-refractivity contribution is -0.137. The van der Waals surface area contributed by atoms with E-state index >= 15 is 0 Å². The molecule has 2 rings (SSSR count). The maximum Gasteiger partial charge on any atom is 0.303 e. The van der Waals surface area contributed by atoms with Crippen molar-refractivity contribution in [2.24, 2.45) is 0 Å². The summed E-state index contributed by atoms with van der Waals surface area (Å²) in [5.74, 6) is -0.768. The minimum Gasteiger partial charge on any atom is -0.481 e. The molecule has 0 fully saturated rings. The van der Waals surface area contributed by atoms with Crippen LogP contribution in [0.4, 0.5) is 5.69 Å². The van der Waals surface area contributed by atoms with Crippen molar-refractivity contribution in [2.75, 3.05) is 11.4 Å². The van der Waals surface area contributed by atoms with E-state index in [0.29, 0.717) is 6.54 Å². The van der Waals surface area contributed by atoms with Gasteiger partial charge in [-0.1, -0.05) is 17.7 Å². The van der Waals surface area contributed by atoms with E-state index in [1.54, 1.807) is 11.8 Å². The molecule has 1 unspecified atom stereocenters. The Bertz CT molecular complexity index is 551. The third-order valence-electron chi connectivity index (χ3n) is 3.92. The second kappa shape index (κ2) is 5.65. The number of amides is 1. The molecule has 1 aromatic carbocycles. The molecule has 0 bridgehead atoms. The highest BCUT2D eigenvalue weighted by atomic mass is 16.4. The van der Waals surface area contributed by atoms with Crippen LogP contribution in [0.2, 0.25) is 0 Å². The number of hydrogen-bond donors (Lipinski definition) is 1. The van der Waals surface area contributed by atoms with Crippen molar-refractivity contribution < 1.29 is 14.7 Å². The van der Waals surface area contributed by atoms with Crippen LogP contribution in [0.3, 0.4) is 0 Å². The van der Waals surface area contributed by atoms with E-state index in [9.17, 15) is 9.59 Å². The third kappa shape index (κ3) is 2.84. The fourth-order valence-electron chi connectivity index (χ4n) is 3.17. The summed E-state index contributed by atoms with van der Waals surface area (Å²) < 4.78 is 0. The monoisotopic (exact) mass is 275 g/mol. The van der Waals surface area contributed by atoms with Crippen LogP contribution < -0.4 is 4.90 Å². The Morgan fingerprint density at radius 2 is 2.05 bits per heavy atom. The predicted molar refractivity (Wildman–Crippen MR) is 78.2 cm³/mol. The van der Waals surface area contributed by atoms with Crippen LogP contribution in [0, 0.1) is 13.8 Å². The zero-order chi connectivity index (χ0) is 14.9. The number of benzene rings is 1. The van der Waals surface area contributed by atoms with E-state index in [1.807, 2.05) is 19.9 Å². The highest BCUT2D eigenvalue weighted by Crippen LogP contribution is 2.39. The largest absolute Gasteiger partial charge is 0.481 e. The van der Waals surface area contributed by atoms with Gasteiger partial charge in [0, 0.05) is 13.5 Å². The van der Waals surface area contributed by atoms with Gasteiger partial charge in [-0.15, -0.1) is 0 Å². The first kappa shape index (κ1) is 14.6. The molecule has 1 aromatic rings. The molecular formula is C16H21NO3. The Hall–Kier alpha value is -1.84. The molecule has 1 aliphatic heterocycles. The van der Waals surface area contributed by atoms with Gasteiger partial charge < -0.3 is 10.0 Å². The van der Waals surface area contributed by atoms with Gasteiger partial charge in [0.05, 0.1) is 12.1 Å². The van der Waals surface area contributed by atoms with E-state index in [2.05, 4.69) is 6.07 Å². The molecule has 4 nitrogen and oxygen atoms in total. The highest BCUT2D eigenvalue weighted by molar-refractivity contribution is 5.93. The minimum atomic E-state index is -0.781. The summed E-state index contributed by atoms with van der Waals surface area (Å²) in [4.78, 5) is 24.8. The summed E-state index contributed by atoms with van der Waals surface area (Å²) in [5, 5.41) is 9.12. The second-order valence-corrected chi connectivity index (χ2v) is 5.63. The summed E-state index contributed by atoms with van der Waals surface area (Å²) in [6.07, 6.45) is 1.78. The smallest absolute Gasteiger partial charge is 0.303 e. The second-order valence-electron chi connectivity index (χ2n) is 5.63. The molecule has 1 aliphatic rings. The maximum atomic E-state index is 11.9. The van der Waals surface area contributed by atoms with Crippen molar-refractivity contribution in [1.29, 1.82) is 0 Å². The Balaban J connectivity index is 2.57. The van der Waals surface area contributed by atoms with E-state index in [-0.39, 0.29) is 18.2 Å². The molecule has 0 saturated heterocycles. The fraction of sp³-hybridized carbons (Fsp3) is 0.500. The average Bonchev–Trinajstić information content (AvgIpc) is 2.49. The number of hydrogen-bond acceptors (Lipinski definition) is 2. The van der Waals surface area contributed by atoms with E-state index in [0.717, 1.165) is 35.2 Å². The van der Waals surface area contributed by atoms with Crippen molar-refractivity contribution >= 4 is 17.6 Å². The zero-order valence-electron chi connectivity index (χ0n) is 12.3. The van der Waals surface area contributed by atoms with Crippen LogP contribution in [0.5, 0.6) is 0 Å². The molecule has 20 heavy (non-hydrogen) atoms. The summed E-state index contributed by atoms with van der Waals surface area (Å²) >= 11 is 0. The van der Waals surface area contributed by atoms with Crippen LogP contribution in [0.15, 0.2) is 12.1 Å².